The Kier molecular flexibility index (Phi) is 9.04. The number of benzene rings is 3. The predicted molar refractivity (Wildman–Crippen MR) is 155 cm³/mol. The third-order valence-electron chi connectivity index (χ3n) is 6.70. The van der Waals surface area contributed by atoms with Gasteiger partial charge in [-0.3, -0.25) is 18.8 Å². The summed E-state index contributed by atoms with van der Waals surface area (Å²) in [6, 6.07) is 16.7. The average Bonchev–Trinajstić information content (AvgIpc) is 2.87. The van der Waals surface area contributed by atoms with E-state index in [1.54, 1.807) is 24.3 Å². The van der Waals surface area contributed by atoms with Crippen molar-refractivity contribution in [2.75, 3.05) is 30.7 Å². The molecule has 0 spiro atoms. The molecule has 1 aliphatic heterocycles. The fraction of sp³-hybridized carbons (Fsp3) is 0.286. The number of amides is 2. The fourth-order valence-electron chi connectivity index (χ4n) is 4.82. The Bertz CT molecular complexity index is 1450. The Morgan fingerprint density at radius 3 is 1.98 bits per heavy atom. The van der Waals surface area contributed by atoms with E-state index in [0.717, 1.165) is 33.8 Å². The molecule has 4 rings (SSSR count). The van der Waals surface area contributed by atoms with Gasteiger partial charge in [0.15, 0.2) is 0 Å². The van der Waals surface area contributed by atoms with Crippen LogP contribution in [-0.2, 0) is 14.8 Å². The van der Waals surface area contributed by atoms with E-state index in [1.807, 2.05) is 24.3 Å². The van der Waals surface area contributed by atoms with Gasteiger partial charge in [-0.1, -0.05) is 47.5 Å². The lowest BCUT2D eigenvalue weighted by molar-refractivity contribution is -0.122. The SMILES string of the molecule is CNC(=O)C(C)NC(=O)c1cc(F)cc(N(C2CN(C(c3ccc(Cl)cc3)c3ccc(Cl)cc3)C2)S(C)(=O)=O)c1. The number of likely N-dealkylation sites (N-methyl/N-ethyl adjacent to an activating group) is 1. The van der Waals surface area contributed by atoms with E-state index in [-0.39, 0.29) is 17.3 Å². The smallest absolute Gasteiger partial charge is 0.252 e. The van der Waals surface area contributed by atoms with Crippen molar-refractivity contribution in [2.24, 2.45) is 0 Å². The molecule has 1 fully saturated rings. The Morgan fingerprint density at radius 1 is 0.975 bits per heavy atom. The molecule has 212 valence electrons. The number of halogens is 3. The van der Waals surface area contributed by atoms with Crippen molar-refractivity contribution in [1.82, 2.24) is 15.5 Å². The summed E-state index contributed by atoms with van der Waals surface area (Å²) in [6.45, 7) is 2.17. The summed E-state index contributed by atoms with van der Waals surface area (Å²) in [5.41, 5.74) is 1.85. The predicted octanol–water partition coefficient (Wildman–Crippen LogP) is 4.24. The lowest BCUT2D eigenvalue weighted by atomic mass is 9.93. The largest absolute Gasteiger partial charge is 0.357 e. The Morgan fingerprint density at radius 2 is 1.50 bits per heavy atom. The molecule has 0 aliphatic carbocycles. The highest BCUT2D eigenvalue weighted by Crippen LogP contribution is 2.37. The second-order valence-corrected chi connectivity index (χ2v) is 12.4. The number of rotatable bonds is 9. The summed E-state index contributed by atoms with van der Waals surface area (Å²) >= 11 is 12.2. The number of likely N-dealkylation sites (tertiary alicyclic amines) is 1. The molecule has 8 nitrogen and oxygen atoms in total. The highest BCUT2D eigenvalue weighted by Gasteiger charge is 2.41. The molecule has 2 N–H and O–H groups in total. The molecule has 1 aliphatic rings. The van der Waals surface area contributed by atoms with Gasteiger partial charge in [-0.2, -0.15) is 0 Å². The van der Waals surface area contributed by atoms with Gasteiger partial charge in [0, 0.05) is 35.7 Å². The van der Waals surface area contributed by atoms with E-state index >= 15 is 0 Å². The van der Waals surface area contributed by atoms with Gasteiger partial charge in [0.25, 0.3) is 5.91 Å². The highest BCUT2D eigenvalue weighted by molar-refractivity contribution is 7.92. The van der Waals surface area contributed by atoms with Crippen molar-refractivity contribution in [2.45, 2.75) is 25.0 Å². The third kappa shape index (κ3) is 6.75. The molecule has 0 saturated carbocycles. The van der Waals surface area contributed by atoms with Gasteiger partial charge in [0.05, 0.1) is 24.0 Å². The topological polar surface area (TPSA) is 98.8 Å². The second kappa shape index (κ2) is 12.1. The van der Waals surface area contributed by atoms with Gasteiger partial charge >= 0.3 is 0 Å². The first-order chi connectivity index (χ1) is 18.9. The summed E-state index contributed by atoms with van der Waals surface area (Å²) in [4.78, 5) is 26.7. The number of hydrogen-bond donors (Lipinski definition) is 2. The van der Waals surface area contributed by atoms with Crippen LogP contribution in [0.3, 0.4) is 0 Å². The van der Waals surface area contributed by atoms with Crippen LogP contribution in [0.5, 0.6) is 0 Å². The first kappa shape index (κ1) is 29.8. The van der Waals surface area contributed by atoms with E-state index in [4.69, 9.17) is 23.2 Å². The standard InChI is InChI=1S/C28H29Cl2FN4O4S/c1-17(27(36)32-2)33-28(37)20-12-23(31)14-24(13-20)35(40(3,38)39)25-15-34(16-25)26(18-4-8-21(29)9-5-18)19-6-10-22(30)11-7-19/h4-14,17,25-26H,15-16H2,1-3H3,(H,32,36)(H,33,37). The molecule has 0 aromatic heterocycles. The maximum absolute atomic E-state index is 14.7. The van der Waals surface area contributed by atoms with E-state index in [2.05, 4.69) is 15.5 Å². The summed E-state index contributed by atoms with van der Waals surface area (Å²) in [7, 11) is -2.43. The summed E-state index contributed by atoms with van der Waals surface area (Å²) in [6.07, 6.45) is 1.05. The van der Waals surface area contributed by atoms with Crippen LogP contribution in [0.4, 0.5) is 10.1 Å². The number of nitrogens with one attached hydrogen (secondary N) is 2. The molecule has 0 radical (unpaired) electrons. The highest BCUT2D eigenvalue weighted by atomic mass is 35.5. The molecule has 1 heterocycles. The molecule has 2 amide bonds. The molecule has 1 saturated heterocycles. The lowest BCUT2D eigenvalue weighted by Gasteiger charge is -2.48. The second-order valence-electron chi connectivity index (χ2n) is 9.68. The van der Waals surface area contributed by atoms with Gasteiger partial charge in [0.2, 0.25) is 15.9 Å². The van der Waals surface area contributed by atoms with Crippen LogP contribution in [0.15, 0.2) is 66.7 Å². The quantitative estimate of drug-likeness (QED) is 0.380. The van der Waals surface area contributed by atoms with Crippen LogP contribution in [0.25, 0.3) is 0 Å². The molecule has 3 aromatic carbocycles. The maximum Gasteiger partial charge on any atom is 0.252 e. The molecule has 1 unspecified atom stereocenters. The zero-order valence-corrected chi connectivity index (χ0v) is 24.4. The minimum absolute atomic E-state index is 0.0273. The van der Waals surface area contributed by atoms with Gasteiger partial charge < -0.3 is 10.6 Å². The van der Waals surface area contributed by atoms with Crippen LogP contribution >= 0.6 is 23.2 Å². The first-order valence-corrected chi connectivity index (χ1v) is 15.0. The normalized spacial score (nSPS) is 14.9. The van der Waals surface area contributed by atoms with Crippen molar-refractivity contribution in [1.29, 1.82) is 0 Å². The number of anilines is 1. The Labute approximate surface area is 243 Å². The molecule has 0 bridgehead atoms. The number of carbonyl (C=O) groups is 2. The average molecular weight is 608 g/mol. The van der Waals surface area contributed by atoms with Gasteiger partial charge in [-0.05, 0) is 60.5 Å². The van der Waals surface area contributed by atoms with Crippen LogP contribution in [0.1, 0.15) is 34.5 Å². The van der Waals surface area contributed by atoms with Crippen LogP contribution in [-0.4, -0.2) is 63.6 Å². The van der Waals surface area contributed by atoms with Crippen LogP contribution in [0.2, 0.25) is 10.0 Å². The molecular weight excluding hydrogens is 578 g/mol. The molecule has 40 heavy (non-hydrogen) atoms. The van der Waals surface area contributed by atoms with Gasteiger partial charge in [-0.15, -0.1) is 0 Å². The zero-order chi connectivity index (χ0) is 29.2. The summed E-state index contributed by atoms with van der Waals surface area (Å²) < 4.78 is 41.7. The van der Waals surface area contributed by atoms with Crippen LogP contribution < -0.4 is 14.9 Å². The Balaban J connectivity index is 1.62. The van der Waals surface area contributed by atoms with Gasteiger partial charge in [-0.25, -0.2) is 12.8 Å². The third-order valence-corrected chi connectivity index (χ3v) is 8.43. The molecule has 1 atom stereocenters. The fourth-order valence-corrected chi connectivity index (χ4v) is 6.23. The Hall–Kier alpha value is -3.18. The zero-order valence-electron chi connectivity index (χ0n) is 22.1. The van der Waals surface area contributed by atoms with Crippen molar-refractivity contribution < 1.29 is 22.4 Å². The lowest BCUT2D eigenvalue weighted by Crippen LogP contribution is -2.61. The van der Waals surface area contributed by atoms with Crippen molar-refractivity contribution in [3.63, 3.8) is 0 Å². The van der Waals surface area contributed by atoms with E-state index in [0.29, 0.717) is 23.1 Å². The number of hydrogen-bond acceptors (Lipinski definition) is 5. The van der Waals surface area contributed by atoms with Crippen molar-refractivity contribution in [3.05, 3.63) is 99.3 Å². The van der Waals surface area contributed by atoms with Crippen molar-refractivity contribution in [3.8, 4) is 0 Å². The molecule has 3 aromatic rings. The van der Waals surface area contributed by atoms with E-state index in [9.17, 15) is 22.4 Å². The summed E-state index contributed by atoms with van der Waals surface area (Å²) in [5.74, 6) is -1.90. The van der Waals surface area contributed by atoms with Crippen LogP contribution in [0, 0.1) is 5.82 Å². The molecule has 12 heteroatoms. The maximum atomic E-state index is 14.7. The monoisotopic (exact) mass is 606 g/mol. The molecular formula is C28H29Cl2FN4O4S. The minimum atomic E-state index is -3.86. The summed E-state index contributed by atoms with van der Waals surface area (Å²) in [5, 5.41) is 6.10. The van der Waals surface area contributed by atoms with Gasteiger partial charge in [0.1, 0.15) is 11.9 Å². The number of carbonyl (C=O) groups excluding carboxylic acids is 2. The van der Waals surface area contributed by atoms with E-state index < -0.39 is 39.7 Å². The van der Waals surface area contributed by atoms with E-state index in [1.165, 1.54) is 20.0 Å². The number of nitrogens with zero attached hydrogens (tertiary/aromatic N) is 2. The van der Waals surface area contributed by atoms with Crippen molar-refractivity contribution >= 4 is 50.7 Å². The minimum Gasteiger partial charge on any atom is -0.357 e. The number of sulfonamides is 1. The first-order valence-electron chi connectivity index (χ1n) is 12.4.